The predicted octanol–water partition coefficient (Wildman–Crippen LogP) is 1.72. The zero-order chi connectivity index (χ0) is 11.6. The Balaban J connectivity index is 3.29. The topological polar surface area (TPSA) is 49.3 Å². The minimum Gasteiger partial charge on any atom is -0.507 e. The molecule has 1 aromatic rings. The molecule has 1 aromatic carbocycles. The third-order valence-corrected chi connectivity index (χ3v) is 2.63. The van der Waals surface area contributed by atoms with E-state index in [-0.39, 0.29) is 18.1 Å². The van der Waals surface area contributed by atoms with Crippen LogP contribution in [0.4, 0.5) is 0 Å². The highest BCUT2D eigenvalue weighted by molar-refractivity contribution is 6.01. The molecular weight excluding hydrogens is 190 g/mol. The molecule has 15 heavy (non-hydrogen) atoms. The van der Waals surface area contributed by atoms with Crippen LogP contribution in [0.5, 0.6) is 5.75 Å². The molecule has 0 aliphatic heterocycles. The standard InChI is InChI=1S/C12H17NO2/c1-7-5-8(2)11(10(14)6-13-4)12(15)9(7)3/h5,13,15H,6H2,1-4H3. The second-order valence-corrected chi connectivity index (χ2v) is 3.81. The van der Waals surface area contributed by atoms with Gasteiger partial charge in [0.1, 0.15) is 5.75 Å². The fraction of sp³-hybridized carbons (Fsp3) is 0.417. The maximum atomic E-state index is 11.7. The van der Waals surface area contributed by atoms with Crippen molar-refractivity contribution in [3.05, 3.63) is 28.3 Å². The molecule has 0 aliphatic carbocycles. The predicted molar refractivity (Wildman–Crippen MR) is 60.6 cm³/mol. The van der Waals surface area contributed by atoms with Crippen molar-refractivity contribution < 1.29 is 9.90 Å². The number of likely N-dealkylation sites (N-methyl/N-ethyl adjacent to an activating group) is 1. The number of hydrogen-bond acceptors (Lipinski definition) is 3. The zero-order valence-corrected chi connectivity index (χ0v) is 9.64. The van der Waals surface area contributed by atoms with Crippen LogP contribution in [0, 0.1) is 20.8 Å². The van der Waals surface area contributed by atoms with E-state index in [1.807, 2.05) is 26.8 Å². The molecule has 0 atom stereocenters. The van der Waals surface area contributed by atoms with Crippen molar-refractivity contribution >= 4 is 5.78 Å². The number of rotatable bonds is 3. The van der Waals surface area contributed by atoms with Crippen molar-refractivity contribution in [2.75, 3.05) is 13.6 Å². The van der Waals surface area contributed by atoms with Crippen LogP contribution in [0.2, 0.25) is 0 Å². The summed E-state index contributed by atoms with van der Waals surface area (Å²) in [5, 5.41) is 12.7. The maximum absolute atomic E-state index is 11.7. The number of hydrogen-bond donors (Lipinski definition) is 2. The molecule has 0 bridgehead atoms. The quantitative estimate of drug-likeness (QED) is 0.742. The first kappa shape index (κ1) is 11.7. The van der Waals surface area contributed by atoms with E-state index in [1.54, 1.807) is 7.05 Å². The fourth-order valence-corrected chi connectivity index (χ4v) is 1.67. The summed E-state index contributed by atoms with van der Waals surface area (Å²) < 4.78 is 0. The Morgan fingerprint density at radius 2 is 1.93 bits per heavy atom. The van der Waals surface area contributed by atoms with Crippen LogP contribution in [0.25, 0.3) is 0 Å². The number of Topliss-reactive ketones (excluding diaryl/α,β-unsaturated/α-hetero) is 1. The molecule has 3 nitrogen and oxygen atoms in total. The highest BCUT2D eigenvalue weighted by atomic mass is 16.3. The Morgan fingerprint density at radius 1 is 1.33 bits per heavy atom. The third kappa shape index (κ3) is 2.18. The van der Waals surface area contributed by atoms with Gasteiger partial charge in [0.25, 0.3) is 0 Å². The lowest BCUT2D eigenvalue weighted by Crippen LogP contribution is -2.19. The number of ketones is 1. The Kier molecular flexibility index (Phi) is 3.48. The number of carbonyl (C=O) groups excluding carboxylic acids is 1. The second kappa shape index (κ2) is 4.45. The summed E-state index contributed by atoms with van der Waals surface area (Å²) in [6.07, 6.45) is 0. The van der Waals surface area contributed by atoms with E-state index >= 15 is 0 Å². The molecule has 2 N–H and O–H groups in total. The maximum Gasteiger partial charge on any atom is 0.180 e. The van der Waals surface area contributed by atoms with Gasteiger partial charge in [-0.25, -0.2) is 0 Å². The second-order valence-electron chi connectivity index (χ2n) is 3.81. The van der Waals surface area contributed by atoms with Crippen LogP contribution < -0.4 is 5.32 Å². The van der Waals surface area contributed by atoms with Crippen LogP contribution in [0.3, 0.4) is 0 Å². The van der Waals surface area contributed by atoms with Gasteiger partial charge in [0.2, 0.25) is 0 Å². The van der Waals surface area contributed by atoms with Gasteiger partial charge >= 0.3 is 0 Å². The molecular formula is C12H17NO2. The number of carbonyl (C=O) groups is 1. The average Bonchev–Trinajstić information content (AvgIpc) is 2.15. The molecule has 82 valence electrons. The molecule has 0 spiro atoms. The van der Waals surface area contributed by atoms with E-state index in [0.29, 0.717) is 5.56 Å². The van der Waals surface area contributed by atoms with Gasteiger partial charge in [0.15, 0.2) is 5.78 Å². The average molecular weight is 207 g/mol. The van der Waals surface area contributed by atoms with E-state index in [0.717, 1.165) is 16.7 Å². The molecule has 1 rings (SSSR count). The third-order valence-electron chi connectivity index (χ3n) is 2.63. The van der Waals surface area contributed by atoms with Gasteiger partial charge in [-0.05, 0) is 44.5 Å². The summed E-state index contributed by atoms with van der Waals surface area (Å²) in [6, 6.07) is 1.93. The van der Waals surface area contributed by atoms with E-state index in [2.05, 4.69) is 5.32 Å². The molecule has 0 radical (unpaired) electrons. The van der Waals surface area contributed by atoms with Crippen LogP contribution in [0.15, 0.2) is 6.07 Å². The largest absolute Gasteiger partial charge is 0.507 e. The summed E-state index contributed by atoms with van der Waals surface area (Å²) in [5.74, 6) is 0.0448. The molecule has 0 saturated heterocycles. The van der Waals surface area contributed by atoms with E-state index in [4.69, 9.17) is 0 Å². The summed E-state index contributed by atoms with van der Waals surface area (Å²) >= 11 is 0. The molecule has 0 heterocycles. The molecule has 0 amide bonds. The summed E-state index contributed by atoms with van der Waals surface area (Å²) in [4.78, 5) is 11.7. The van der Waals surface area contributed by atoms with Gasteiger partial charge in [0.05, 0.1) is 12.1 Å². The van der Waals surface area contributed by atoms with Gasteiger partial charge < -0.3 is 10.4 Å². The molecule has 0 aliphatic rings. The Labute approximate surface area is 90.1 Å². The first-order valence-electron chi connectivity index (χ1n) is 4.96. The highest BCUT2D eigenvalue weighted by Crippen LogP contribution is 2.28. The zero-order valence-electron chi connectivity index (χ0n) is 9.64. The van der Waals surface area contributed by atoms with Gasteiger partial charge in [-0.1, -0.05) is 6.07 Å². The number of phenols is 1. The Hall–Kier alpha value is -1.35. The first-order valence-corrected chi connectivity index (χ1v) is 4.96. The van der Waals surface area contributed by atoms with Crippen LogP contribution in [0.1, 0.15) is 27.0 Å². The number of aromatic hydroxyl groups is 1. The van der Waals surface area contributed by atoms with Crippen LogP contribution in [-0.2, 0) is 0 Å². The minimum atomic E-state index is -0.0735. The van der Waals surface area contributed by atoms with Crippen LogP contribution >= 0.6 is 0 Å². The smallest absolute Gasteiger partial charge is 0.180 e. The molecule has 3 heteroatoms. The summed E-state index contributed by atoms with van der Waals surface area (Å²) in [6.45, 7) is 5.83. The first-order chi connectivity index (χ1) is 6.99. The number of nitrogens with one attached hydrogen (secondary N) is 1. The van der Waals surface area contributed by atoms with Gasteiger partial charge in [0, 0.05) is 0 Å². The Morgan fingerprint density at radius 3 is 2.47 bits per heavy atom. The highest BCUT2D eigenvalue weighted by Gasteiger charge is 2.16. The molecule has 0 unspecified atom stereocenters. The number of phenolic OH excluding ortho intramolecular Hbond substituents is 1. The van der Waals surface area contributed by atoms with Gasteiger partial charge in [-0.15, -0.1) is 0 Å². The monoisotopic (exact) mass is 207 g/mol. The number of aryl methyl sites for hydroxylation is 2. The minimum absolute atomic E-state index is 0.0735. The molecule has 0 saturated carbocycles. The van der Waals surface area contributed by atoms with E-state index in [9.17, 15) is 9.90 Å². The molecule has 0 aromatic heterocycles. The normalized spacial score (nSPS) is 10.4. The Bertz CT molecular complexity index is 397. The van der Waals surface area contributed by atoms with Gasteiger partial charge in [-0.2, -0.15) is 0 Å². The SMILES string of the molecule is CNCC(=O)c1c(C)cc(C)c(C)c1O. The van der Waals surface area contributed by atoms with Crippen molar-refractivity contribution in [1.29, 1.82) is 0 Å². The van der Waals surface area contributed by atoms with Crippen LogP contribution in [-0.4, -0.2) is 24.5 Å². The lowest BCUT2D eigenvalue weighted by Gasteiger charge is -2.12. The van der Waals surface area contributed by atoms with E-state index < -0.39 is 0 Å². The number of benzene rings is 1. The fourth-order valence-electron chi connectivity index (χ4n) is 1.67. The van der Waals surface area contributed by atoms with Crippen molar-refractivity contribution in [2.24, 2.45) is 0 Å². The summed E-state index contributed by atoms with van der Waals surface area (Å²) in [7, 11) is 1.71. The van der Waals surface area contributed by atoms with Crippen molar-refractivity contribution in [3.8, 4) is 5.75 Å². The molecule has 0 fully saturated rings. The lowest BCUT2D eigenvalue weighted by molar-refractivity contribution is 0.0990. The van der Waals surface area contributed by atoms with Crippen molar-refractivity contribution in [1.82, 2.24) is 5.32 Å². The summed E-state index contributed by atoms with van der Waals surface area (Å²) in [5.41, 5.74) is 3.05. The van der Waals surface area contributed by atoms with Crippen molar-refractivity contribution in [2.45, 2.75) is 20.8 Å². The van der Waals surface area contributed by atoms with Crippen molar-refractivity contribution in [3.63, 3.8) is 0 Å². The lowest BCUT2D eigenvalue weighted by atomic mass is 9.96. The van der Waals surface area contributed by atoms with Gasteiger partial charge in [-0.3, -0.25) is 4.79 Å². The van der Waals surface area contributed by atoms with E-state index in [1.165, 1.54) is 0 Å².